The standard InChI is InChI=1S/C26H32N4O6/c1-4-27-24(31)14-19-9-10-21-23(36-19)15-35-22-11-8-17(13-20(22)25(32)30(21)2)29-26(33)28-16-6-5-7-18(12-16)34-3/h5-8,11-13,19,21,23H,4,9-10,14-15H2,1-3H3,(H,27,31)(H2,28,29,33)/t19-,21+,23+/m0/s1. The SMILES string of the molecule is CCNC(=O)C[C@@H]1CC[C@@H]2[C@@H](COc3ccc(NC(=O)Nc4cccc(OC)c4)cc3C(=O)N2C)O1. The Morgan fingerprint density at radius 3 is 2.64 bits per heavy atom. The maximum absolute atomic E-state index is 13.4. The largest absolute Gasteiger partial charge is 0.497 e. The van der Waals surface area contributed by atoms with Crippen molar-refractivity contribution in [3.8, 4) is 11.5 Å². The molecule has 3 N–H and O–H groups in total. The molecule has 0 aliphatic carbocycles. The number of amides is 4. The molecule has 1 saturated heterocycles. The third-order valence-corrected chi connectivity index (χ3v) is 6.38. The molecule has 2 aliphatic heterocycles. The van der Waals surface area contributed by atoms with E-state index in [-0.39, 0.29) is 43.1 Å². The van der Waals surface area contributed by atoms with Gasteiger partial charge in [0.15, 0.2) is 0 Å². The van der Waals surface area contributed by atoms with Gasteiger partial charge in [-0.25, -0.2) is 4.79 Å². The van der Waals surface area contributed by atoms with Crippen molar-refractivity contribution in [1.29, 1.82) is 0 Å². The summed E-state index contributed by atoms with van der Waals surface area (Å²) < 4.78 is 17.3. The van der Waals surface area contributed by atoms with E-state index in [1.807, 2.05) is 6.92 Å². The molecule has 0 radical (unpaired) electrons. The Bertz CT molecular complexity index is 1120. The number of carbonyl (C=O) groups excluding carboxylic acids is 3. The highest BCUT2D eigenvalue weighted by molar-refractivity contribution is 6.02. The molecule has 10 heteroatoms. The second-order valence-electron chi connectivity index (χ2n) is 8.85. The highest BCUT2D eigenvalue weighted by Crippen LogP contribution is 2.32. The Hall–Kier alpha value is -3.79. The minimum absolute atomic E-state index is 0.0436. The molecule has 0 unspecified atom stereocenters. The van der Waals surface area contributed by atoms with Crippen molar-refractivity contribution in [3.05, 3.63) is 48.0 Å². The van der Waals surface area contributed by atoms with Crippen molar-refractivity contribution in [2.45, 2.75) is 44.4 Å². The molecule has 1 fully saturated rings. The summed E-state index contributed by atoms with van der Waals surface area (Å²) in [6.45, 7) is 2.71. The quantitative estimate of drug-likeness (QED) is 0.565. The average Bonchev–Trinajstić information content (AvgIpc) is 2.86. The minimum Gasteiger partial charge on any atom is -0.497 e. The van der Waals surface area contributed by atoms with Crippen molar-refractivity contribution < 1.29 is 28.6 Å². The van der Waals surface area contributed by atoms with Crippen molar-refractivity contribution in [2.24, 2.45) is 0 Å². The van der Waals surface area contributed by atoms with E-state index in [2.05, 4.69) is 16.0 Å². The molecule has 2 heterocycles. The summed E-state index contributed by atoms with van der Waals surface area (Å²) in [5.74, 6) is 0.777. The van der Waals surface area contributed by atoms with Crippen molar-refractivity contribution in [3.63, 3.8) is 0 Å². The molecule has 4 rings (SSSR count). The number of nitrogens with zero attached hydrogens (tertiary/aromatic N) is 1. The summed E-state index contributed by atoms with van der Waals surface area (Å²) in [5.41, 5.74) is 1.39. The fourth-order valence-corrected chi connectivity index (χ4v) is 4.58. The van der Waals surface area contributed by atoms with Crippen LogP contribution in [-0.2, 0) is 9.53 Å². The second kappa shape index (κ2) is 11.3. The zero-order chi connectivity index (χ0) is 25.7. The zero-order valence-corrected chi connectivity index (χ0v) is 20.7. The van der Waals surface area contributed by atoms with Gasteiger partial charge in [0.1, 0.15) is 24.2 Å². The number of anilines is 2. The summed E-state index contributed by atoms with van der Waals surface area (Å²) in [7, 11) is 3.30. The minimum atomic E-state index is -0.449. The van der Waals surface area contributed by atoms with Crippen LogP contribution in [-0.4, -0.2) is 68.3 Å². The lowest BCUT2D eigenvalue weighted by Crippen LogP contribution is -2.54. The lowest BCUT2D eigenvalue weighted by atomic mass is 9.94. The van der Waals surface area contributed by atoms with E-state index in [1.54, 1.807) is 61.5 Å². The summed E-state index contributed by atoms with van der Waals surface area (Å²) in [4.78, 5) is 39.6. The van der Waals surface area contributed by atoms with E-state index < -0.39 is 6.03 Å². The molecule has 0 saturated carbocycles. The fraction of sp³-hybridized carbons (Fsp3) is 0.423. The van der Waals surface area contributed by atoms with E-state index in [1.165, 1.54) is 0 Å². The van der Waals surface area contributed by atoms with Crippen LogP contribution in [0.25, 0.3) is 0 Å². The van der Waals surface area contributed by atoms with Crippen LogP contribution in [0.2, 0.25) is 0 Å². The third kappa shape index (κ3) is 5.88. The molecule has 10 nitrogen and oxygen atoms in total. The van der Waals surface area contributed by atoms with Crippen LogP contribution in [0, 0.1) is 0 Å². The van der Waals surface area contributed by atoms with Gasteiger partial charge in [-0.15, -0.1) is 0 Å². The second-order valence-corrected chi connectivity index (χ2v) is 8.85. The molecular formula is C26H32N4O6. The summed E-state index contributed by atoms with van der Waals surface area (Å²) >= 11 is 0. The van der Waals surface area contributed by atoms with Gasteiger partial charge in [0, 0.05) is 31.0 Å². The van der Waals surface area contributed by atoms with Crippen LogP contribution in [0.1, 0.15) is 36.5 Å². The van der Waals surface area contributed by atoms with E-state index in [9.17, 15) is 14.4 Å². The molecule has 4 amide bonds. The Kier molecular flexibility index (Phi) is 7.94. The molecule has 0 spiro atoms. The van der Waals surface area contributed by atoms with Crippen LogP contribution in [0.15, 0.2) is 42.5 Å². The Balaban J connectivity index is 1.44. The van der Waals surface area contributed by atoms with E-state index in [0.717, 1.165) is 0 Å². The van der Waals surface area contributed by atoms with E-state index in [4.69, 9.17) is 14.2 Å². The van der Waals surface area contributed by atoms with Crippen molar-refractivity contribution in [1.82, 2.24) is 10.2 Å². The zero-order valence-electron chi connectivity index (χ0n) is 20.7. The average molecular weight is 497 g/mol. The predicted octanol–water partition coefficient (Wildman–Crippen LogP) is 3.25. The van der Waals surface area contributed by atoms with Crippen molar-refractivity contribution in [2.75, 3.05) is 37.9 Å². The maximum Gasteiger partial charge on any atom is 0.323 e. The lowest BCUT2D eigenvalue weighted by molar-refractivity contribution is -0.133. The first-order valence-corrected chi connectivity index (χ1v) is 12.1. The van der Waals surface area contributed by atoms with Crippen LogP contribution in [0.3, 0.4) is 0 Å². The van der Waals surface area contributed by atoms with Gasteiger partial charge < -0.3 is 35.1 Å². The first-order valence-electron chi connectivity index (χ1n) is 12.1. The molecule has 36 heavy (non-hydrogen) atoms. The van der Waals surface area contributed by atoms with E-state index >= 15 is 0 Å². The number of fused-ring (bicyclic) bond motifs is 2. The maximum atomic E-state index is 13.4. The van der Waals surface area contributed by atoms with Gasteiger partial charge in [-0.05, 0) is 50.1 Å². The smallest absolute Gasteiger partial charge is 0.323 e. The topological polar surface area (TPSA) is 118 Å². The molecule has 3 atom stereocenters. The Morgan fingerprint density at radius 2 is 1.89 bits per heavy atom. The molecule has 192 valence electrons. The number of carbonyl (C=O) groups is 3. The summed E-state index contributed by atoms with van der Waals surface area (Å²) in [6.07, 6.45) is 1.12. The van der Waals surface area contributed by atoms with Gasteiger partial charge in [-0.3, -0.25) is 9.59 Å². The van der Waals surface area contributed by atoms with E-state index in [0.29, 0.717) is 47.8 Å². The van der Waals surface area contributed by atoms with Crippen LogP contribution < -0.4 is 25.4 Å². The highest BCUT2D eigenvalue weighted by Gasteiger charge is 2.39. The molecule has 0 aromatic heterocycles. The first kappa shape index (κ1) is 25.3. The lowest BCUT2D eigenvalue weighted by Gasteiger charge is -2.42. The number of benzene rings is 2. The Morgan fingerprint density at radius 1 is 1.11 bits per heavy atom. The van der Waals surface area contributed by atoms with Crippen LogP contribution in [0.5, 0.6) is 11.5 Å². The number of hydrogen-bond acceptors (Lipinski definition) is 6. The molecule has 2 aromatic rings. The number of hydrogen-bond donors (Lipinski definition) is 3. The number of ether oxygens (including phenoxy) is 3. The van der Waals surface area contributed by atoms with Gasteiger partial charge in [0.05, 0.1) is 31.2 Å². The monoisotopic (exact) mass is 496 g/mol. The number of urea groups is 1. The summed E-state index contributed by atoms with van der Waals surface area (Å²) in [5, 5.41) is 8.31. The third-order valence-electron chi connectivity index (χ3n) is 6.38. The first-order chi connectivity index (χ1) is 17.4. The fourth-order valence-electron chi connectivity index (χ4n) is 4.58. The van der Waals surface area contributed by atoms with Gasteiger partial charge in [-0.1, -0.05) is 6.07 Å². The summed E-state index contributed by atoms with van der Waals surface area (Å²) in [6, 6.07) is 11.3. The number of methoxy groups -OCH3 is 1. The normalized spacial score (nSPS) is 21.1. The van der Waals surface area contributed by atoms with Crippen molar-refractivity contribution >= 4 is 29.2 Å². The van der Waals surface area contributed by atoms with Gasteiger partial charge in [0.25, 0.3) is 5.91 Å². The molecular weight excluding hydrogens is 464 g/mol. The number of likely N-dealkylation sites (N-methyl/N-ethyl adjacent to an activating group) is 1. The predicted molar refractivity (Wildman–Crippen MR) is 135 cm³/mol. The number of nitrogens with one attached hydrogen (secondary N) is 3. The van der Waals surface area contributed by atoms with Gasteiger partial charge >= 0.3 is 6.03 Å². The highest BCUT2D eigenvalue weighted by atomic mass is 16.5. The molecule has 2 aliphatic rings. The van der Waals surface area contributed by atoms with Crippen LogP contribution >= 0.6 is 0 Å². The van der Waals surface area contributed by atoms with Gasteiger partial charge in [0.2, 0.25) is 5.91 Å². The van der Waals surface area contributed by atoms with Crippen LogP contribution in [0.4, 0.5) is 16.2 Å². The Labute approximate surface area is 210 Å². The van der Waals surface area contributed by atoms with Gasteiger partial charge in [-0.2, -0.15) is 0 Å². The molecule has 0 bridgehead atoms. The number of rotatable bonds is 6. The molecule has 2 aromatic carbocycles.